The van der Waals surface area contributed by atoms with E-state index in [1.807, 2.05) is 30.3 Å². The van der Waals surface area contributed by atoms with Gasteiger partial charge in [0.25, 0.3) is 0 Å². The van der Waals surface area contributed by atoms with Crippen molar-refractivity contribution in [1.29, 1.82) is 0 Å². The van der Waals surface area contributed by atoms with Crippen molar-refractivity contribution >= 4 is 12.1 Å². The summed E-state index contributed by atoms with van der Waals surface area (Å²) in [6.07, 6.45) is -0.520. The Kier molecular flexibility index (Phi) is 5.02. The molecule has 0 radical (unpaired) electrons. The number of benzene rings is 1. The Morgan fingerprint density at radius 3 is 2.62 bits per heavy atom. The minimum Gasteiger partial charge on any atom is -0.464 e. The third-order valence-electron chi connectivity index (χ3n) is 4.91. The molecule has 1 aromatic carbocycles. The Balaban J connectivity index is 1.69. The van der Waals surface area contributed by atoms with Gasteiger partial charge in [0.15, 0.2) is 0 Å². The molecule has 1 saturated heterocycles. The molecule has 1 aromatic rings. The van der Waals surface area contributed by atoms with Crippen LogP contribution in [0.1, 0.15) is 25.3 Å². The lowest BCUT2D eigenvalue weighted by Crippen LogP contribution is -2.44. The average molecular weight is 335 g/mol. The maximum atomic E-state index is 14.1. The van der Waals surface area contributed by atoms with E-state index in [4.69, 9.17) is 9.47 Å². The number of carbonyl (C=O) groups excluding carboxylic acids is 2. The van der Waals surface area contributed by atoms with E-state index in [1.54, 1.807) is 6.92 Å². The Morgan fingerprint density at radius 2 is 1.92 bits per heavy atom. The van der Waals surface area contributed by atoms with Crippen LogP contribution >= 0.6 is 0 Å². The first kappa shape index (κ1) is 16.7. The molecule has 1 heterocycles. The van der Waals surface area contributed by atoms with Crippen molar-refractivity contribution in [2.45, 2.75) is 38.6 Å². The van der Waals surface area contributed by atoms with Gasteiger partial charge in [-0.1, -0.05) is 30.3 Å². The second-order valence-corrected chi connectivity index (χ2v) is 6.31. The lowest BCUT2D eigenvalue weighted by atomic mass is 9.93. The highest BCUT2D eigenvalue weighted by Crippen LogP contribution is 2.44. The average Bonchev–Trinajstić information content (AvgIpc) is 3.14. The van der Waals surface area contributed by atoms with Crippen molar-refractivity contribution < 1.29 is 23.5 Å². The summed E-state index contributed by atoms with van der Waals surface area (Å²) in [5.74, 6) is -0.942. The zero-order valence-electron chi connectivity index (χ0n) is 13.7. The molecule has 4 atom stereocenters. The molecule has 6 heteroatoms. The van der Waals surface area contributed by atoms with Crippen LogP contribution < -0.4 is 0 Å². The Bertz CT molecular complexity index is 594. The smallest absolute Gasteiger partial charge is 0.410 e. The number of halogens is 1. The molecular weight excluding hydrogens is 313 g/mol. The molecule has 24 heavy (non-hydrogen) atoms. The van der Waals surface area contributed by atoms with Crippen molar-refractivity contribution in [1.82, 2.24) is 4.90 Å². The normalized spacial score (nSPS) is 28.5. The molecule has 4 unspecified atom stereocenters. The van der Waals surface area contributed by atoms with Crippen LogP contribution in [0.2, 0.25) is 0 Å². The molecule has 1 aliphatic heterocycles. The SMILES string of the molecule is CCOC(=O)C1C2CCC(F)C2CN1C(=O)OCc1ccccc1. The number of fused-ring (bicyclic) bond motifs is 1. The number of esters is 1. The van der Waals surface area contributed by atoms with Gasteiger partial charge in [-0.05, 0) is 31.2 Å². The standard InChI is InChI=1S/C18H22FNO4/c1-2-23-17(21)16-13-8-9-15(19)14(13)10-20(16)18(22)24-11-12-6-4-3-5-7-12/h3-7,13-16H,2,8-11H2,1H3. The van der Waals surface area contributed by atoms with Crippen molar-refractivity contribution in [3.05, 3.63) is 35.9 Å². The highest BCUT2D eigenvalue weighted by atomic mass is 19.1. The van der Waals surface area contributed by atoms with Gasteiger partial charge in [-0.2, -0.15) is 0 Å². The predicted octanol–water partition coefficient (Wildman–Crippen LogP) is 2.93. The van der Waals surface area contributed by atoms with Crippen LogP contribution in [0.3, 0.4) is 0 Å². The summed E-state index contributed by atoms with van der Waals surface area (Å²) in [6, 6.07) is 8.57. The number of alkyl halides is 1. The van der Waals surface area contributed by atoms with Gasteiger partial charge in [-0.25, -0.2) is 14.0 Å². The first-order valence-corrected chi connectivity index (χ1v) is 8.39. The maximum absolute atomic E-state index is 14.1. The number of rotatable bonds is 4. The van der Waals surface area contributed by atoms with E-state index in [1.165, 1.54) is 4.90 Å². The molecule has 2 fully saturated rings. The minimum absolute atomic E-state index is 0.125. The maximum Gasteiger partial charge on any atom is 0.410 e. The third kappa shape index (κ3) is 3.23. The summed E-state index contributed by atoms with van der Waals surface area (Å²) in [5, 5.41) is 0. The van der Waals surface area contributed by atoms with Gasteiger partial charge in [0.2, 0.25) is 0 Å². The Morgan fingerprint density at radius 1 is 1.17 bits per heavy atom. The number of hydrogen-bond acceptors (Lipinski definition) is 4. The summed E-state index contributed by atoms with van der Waals surface area (Å²) >= 11 is 0. The molecule has 0 spiro atoms. The first-order valence-electron chi connectivity index (χ1n) is 8.39. The highest BCUT2D eigenvalue weighted by molar-refractivity contribution is 5.82. The summed E-state index contributed by atoms with van der Waals surface area (Å²) in [5.41, 5.74) is 0.862. The van der Waals surface area contributed by atoms with Crippen molar-refractivity contribution in [2.24, 2.45) is 11.8 Å². The summed E-state index contributed by atoms with van der Waals surface area (Å²) < 4.78 is 24.5. The third-order valence-corrected chi connectivity index (χ3v) is 4.91. The summed E-state index contributed by atoms with van der Waals surface area (Å²) in [4.78, 5) is 26.1. The van der Waals surface area contributed by atoms with E-state index in [0.29, 0.717) is 12.8 Å². The zero-order valence-corrected chi connectivity index (χ0v) is 13.7. The zero-order chi connectivity index (χ0) is 17.1. The van der Waals surface area contributed by atoms with E-state index in [2.05, 4.69) is 0 Å². The monoisotopic (exact) mass is 335 g/mol. The lowest BCUT2D eigenvalue weighted by Gasteiger charge is -2.25. The molecule has 3 rings (SSSR count). The van der Waals surface area contributed by atoms with Crippen molar-refractivity contribution in [2.75, 3.05) is 13.2 Å². The summed E-state index contributed by atoms with van der Waals surface area (Å²) in [7, 11) is 0. The van der Waals surface area contributed by atoms with Crippen LogP contribution in [0.4, 0.5) is 9.18 Å². The molecule has 1 saturated carbocycles. The van der Waals surface area contributed by atoms with E-state index in [0.717, 1.165) is 5.56 Å². The second kappa shape index (κ2) is 7.20. The number of carbonyl (C=O) groups is 2. The summed E-state index contributed by atoms with van der Waals surface area (Å²) in [6.45, 7) is 2.29. The fourth-order valence-electron chi connectivity index (χ4n) is 3.78. The number of likely N-dealkylation sites (tertiary alicyclic amines) is 1. The van der Waals surface area contributed by atoms with Crippen molar-refractivity contribution in [3.63, 3.8) is 0 Å². The fourth-order valence-corrected chi connectivity index (χ4v) is 3.78. The number of ether oxygens (including phenoxy) is 2. The fraction of sp³-hybridized carbons (Fsp3) is 0.556. The molecule has 1 aliphatic carbocycles. The number of nitrogens with zero attached hydrogens (tertiary/aromatic N) is 1. The number of amides is 1. The van der Waals surface area contributed by atoms with Crippen LogP contribution in [0.25, 0.3) is 0 Å². The topological polar surface area (TPSA) is 55.8 Å². The van der Waals surface area contributed by atoms with E-state index in [-0.39, 0.29) is 31.6 Å². The Hall–Kier alpha value is -2.11. The van der Waals surface area contributed by atoms with Gasteiger partial charge >= 0.3 is 12.1 Å². The molecular formula is C18H22FNO4. The highest BCUT2D eigenvalue weighted by Gasteiger charge is 2.54. The number of hydrogen-bond donors (Lipinski definition) is 0. The van der Waals surface area contributed by atoms with Crippen molar-refractivity contribution in [3.8, 4) is 0 Å². The largest absolute Gasteiger partial charge is 0.464 e. The molecule has 1 amide bonds. The van der Waals surface area contributed by atoms with Crippen LogP contribution in [0.5, 0.6) is 0 Å². The molecule has 130 valence electrons. The van der Waals surface area contributed by atoms with Gasteiger partial charge in [-0.3, -0.25) is 4.90 Å². The van der Waals surface area contributed by atoms with Gasteiger partial charge in [0, 0.05) is 12.5 Å². The second-order valence-electron chi connectivity index (χ2n) is 6.31. The molecule has 0 bridgehead atoms. The molecule has 0 N–H and O–H groups in total. The van der Waals surface area contributed by atoms with Crippen LogP contribution in [0.15, 0.2) is 30.3 Å². The van der Waals surface area contributed by atoms with E-state index < -0.39 is 24.3 Å². The van der Waals surface area contributed by atoms with Gasteiger partial charge in [-0.15, -0.1) is 0 Å². The Labute approximate surface area is 140 Å². The van der Waals surface area contributed by atoms with Gasteiger partial charge in [0.05, 0.1) is 6.61 Å². The first-order chi connectivity index (χ1) is 11.6. The van der Waals surface area contributed by atoms with E-state index >= 15 is 0 Å². The van der Waals surface area contributed by atoms with Crippen LogP contribution in [-0.2, 0) is 20.9 Å². The van der Waals surface area contributed by atoms with Crippen LogP contribution in [0, 0.1) is 11.8 Å². The minimum atomic E-state index is -0.973. The lowest BCUT2D eigenvalue weighted by molar-refractivity contribution is -0.149. The molecule has 5 nitrogen and oxygen atoms in total. The van der Waals surface area contributed by atoms with E-state index in [9.17, 15) is 14.0 Å². The predicted molar refractivity (Wildman–Crippen MR) is 84.9 cm³/mol. The van der Waals surface area contributed by atoms with Crippen LogP contribution in [-0.4, -0.2) is 42.3 Å². The van der Waals surface area contributed by atoms with Gasteiger partial charge < -0.3 is 9.47 Å². The quantitative estimate of drug-likeness (QED) is 0.794. The van der Waals surface area contributed by atoms with Gasteiger partial charge in [0.1, 0.15) is 18.8 Å². The molecule has 2 aliphatic rings. The molecule has 0 aromatic heterocycles.